The van der Waals surface area contributed by atoms with Crippen LogP contribution in [-0.2, 0) is 21.4 Å². The summed E-state index contributed by atoms with van der Waals surface area (Å²) in [7, 11) is -5.78. The second kappa shape index (κ2) is 11.6. The first-order valence-corrected chi connectivity index (χ1v) is 8.15. The Hall–Kier alpha value is 0.0522. The molecule has 0 aromatic heterocycles. The van der Waals surface area contributed by atoms with Crippen LogP contribution in [0.2, 0.25) is 0 Å². The summed E-state index contributed by atoms with van der Waals surface area (Å²) in [6, 6.07) is 4.85. The standard InChI is InChI=1S/C11H12O7S2.2Po.4H/c12-10(9(5-19(15)16)6-20(17)18)7-1-3-8(4-2-7)11(13)14;;;;;;/h1-4,9,19-20H,5-6H2,(H,13,14);;;;;;. The predicted octanol–water partition coefficient (Wildman–Crippen LogP) is -2.43. The molecule has 7 nitrogen and oxygen atoms in total. The minimum atomic E-state index is -2.89. The van der Waals surface area contributed by atoms with Crippen LogP contribution in [0.25, 0.3) is 0 Å². The normalized spacial score (nSPS) is 10.1. The number of carbonyl (C=O) groups is 2. The Kier molecular flexibility index (Phi) is 12.8. The second-order valence-corrected chi connectivity index (χ2v) is 6.04. The van der Waals surface area contributed by atoms with Gasteiger partial charge in [0, 0.05) is 11.5 Å². The number of Topliss-reactive ketones (excluding diaryl/α,β-unsaturated/α-hetero) is 1. The Labute approximate surface area is 169 Å². The zero-order valence-corrected chi connectivity index (χ0v) is 20.7. The molecule has 0 radical (unpaired) electrons. The molecule has 0 saturated carbocycles. The average Bonchev–Trinajstić information content (AvgIpc) is 2.36. The first kappa shape index (κ1) is 24.3. The van der Waals surface area contributed by atoms with E-state index in [-0.39, 0.29) is 64.3 Å². The van der Waals surface area contributed by atoms with Gasteiger partial charge in [-0.25, -0.2) is 21.6 Å². The van der Waals surface area contributed by atoms with E-state index in [0.29, 0.717) is 0 Å². The van der Waals surface area contributed by atoms with Gasteiger partial charge in [0.15, 0.2) is 5.78 Å². The van der Waals surface area contributed by atoms with Crippen LogP contribution < -0.4 is 0 Å². The molecule has 1 N–H and O–H groups in total. The second-order valence-electron chi connectivity index (χ2n) is 3.97. The number of carboxylic acids is 1. The topological polar surface area (TPSA) is 123 Å². The van der Waals surface area contributed by atoms with Gasteiger partial charge in [-0.15, -0.1) is 0 Å². The number of rotatable bonds is 7. The fourth-order valence-corrected chi connectivity index (χ4v) is 3.11. The number of thiol groups is 2. The van der Waals surface area contributed by atoms with Crippen LogP contribution >= 0.6 is 0 Å². The third kappa shape index (κ3) is 8.06. The van der Waals surface area contributed by atoms with Crippen LogP contribution in [0.1, 0.15) is 20.7 Å². The van der Waals surface area contributed by atoms with Crippen molar-refractivity contribution in [3.8, 4) is 0 Å². The van der Waals surface area contributed by atoms with Crippen molar-refractivity contribution in [2.45, 2.75) is 0 Å². The SMILES string of the molecule is O=C(O)c1ccc(C(=O)C(C[SH](=O)=O)C[SH](=O)=O)cc1.[PoH2].[PoH2]. The van der Waals surface area contributed by atoms with Gasteiger partial charge >= 0.3 is 59.1 Å². The number of benzene rings is 1. The van der Waals surface area contributed by atoms with E-state index in [2.05, 4.69) is 0 Å². The first-order valence-electron chi connectivity index (χ1n) is 5.42. The van der Waals surface area contributed by atoms with Crippen LogP contribution in [0, 0.1) is 5.92 Å². The zero-order valence-electron chi connectivity index (χ0n) is 11.1. The quantitative estimate of drug-likeness (QED) is 0.210. The van der Waals surface area contributed by atoms with E-state index in [0.717, 1.165) is 0 Å². The van der Waals surface area contributed by atoms with Crippen molar-refractivity contribution in [2.75, 3.05) is 11.5 Å². The van der Waals surface area contributed by atoms with Crippen molar-refractivity contribution in [2.24, 2.45) is 5.92 Å². The molecule has 0 amide bonds. The Balaban J connectivity index is 0. The Bertz CT molecular complexity index is 626. The monoisotopic (exact) mass is 742 g/mol. The van der Waals surface area contributed by atoms with Gasteiger partial charge in [-0.05, 0) is 12.1 Å². The Morgan fingerprint density at radius 3 is 1.55 bits per heavy atom. The molecule has 11 heteroatoms. The molecular weight excluding hydrogens is 726 g/mol. The number of aromatic carboxylic acids is 1. The van der Waals surface area contributed by atoms with Gasteiger partial charge in [-0.1, -0.05) is 12.1 Å². The number of hydrogen-bond acceptors (Lipinski definition) is 6. The molecule has 0 saturated heterocycles. The van der Waals surface area contributed by atoms with Crippen LogP contribution in [0.4, 0.5) is 0 Å². The average molecular weight is 742 g/mol. The predicted molar refractivity (Wildman–Crippen MR) is 88.7 cm³/mol. The van der Waals surface area contributed by atoms with E-state index >= 15 is 0 Å². The Morgan fingerprint density at radius 2 is 1.23 bits per heavy atom. The summed E-state index contributed by atoms with van der Waals surface area (Å²) >= 11 is 0. The van der Waals surface area contributed by atoms with Crippen molar-refractivity contribution in [3.05, 3.63) is 35.4 Å². The molecule has 0 bridgehead atoms. The molecule has 0 aliphatic heterocycles. The van der Waals surface area contributed by atoms with E-state index in [1.165, 1.54) is 24.3 Å². The molecule has 1 aromatic rings. The maximum atomic E-state index is 12.0. The fraction of sp³-hybridized carbons (Fsp3) is 0.273. The molecule has 0 atom stereocenters. The van der Waals surface area contributed by atoms with Crippen LogP contribution in [0.15, 0.2) is 24.3 Å². The summed E-state index contributed by atoms with van der Waals surface area (Å²) < 4.78 is 42.7. The van der Waals surface area contributed by atoms with Gasteiger partial charge in [0.25, 0.3) is 0 Å². The van der Waals surface area contributed by atoms with Gasteiger partial charge in [0.2, 0.25) is 0 Å². The number of carbonyl (C=O) groups excluding carboxylic acids is 1. The van der Waals surface area contributed by atoms with E-state index < -0.39 is 50.6 Å². The molecule has 1 aromatic carbocycles. The summed E-state index contributed by atoms with van der Waals surface area (Å²) in [6.45, 7) is 0. The van der Waals surface area contributed by atoms with E-state index in [1.807, 2.05) is 0 Å². The number of carboxylic acid groups (broad SMARTS) is 1. The van der Waals surface area contributed by atoms with Crippen molar-refractivity contribution >= 4 is 86.3 Å². The Morgan fingerprint density at radius 1 is 0.864 bits per heavy atom. The summed E-state index contributed by atoms with van der Waals surface area (Å²) in [5, 5.41) is 8.72. The maximum absolute atomic E-state index is 12.0. The molecule has 126 valence electrons. The van der Waals surface area contributed by atoms with Gasteiger partial charge in [-0.2, -0.15) is 0 Å². The molecule has 0 fully saturated rings. The van der Waals surface area contributed by atoms with Crippen LogP contribution in [-0.4, -0.2) is 98.3 Å². The molecule has 1 rings (SSSR count). The van der Waals surface area contributed by atoms with Crippen molar-refractivity contribution < 1.29 is 31.5 Å². The van der Waals surface area contributed by atoms with Gasteiger partial charge < -0.3 is 5.11 Å². The third-order valence-electron chi connectivity index (χ3n) is 2.53. The summed E-state index contributed by atoms with van der Waals surface area (Å²) in [5.74, 6) is -4.09. The van der Waals surface area contributed by atoms with Crippen LogP contribution in [0.3, 0.4) is 0 Å². The van der Waals surface area contributed by atoms with E-state index in [1.54, 1.807) is 0 Å². The van der Waals surface area contributed by atoms with Crippen molar-refractivity contribution in [3.63, 3.8) is 0 Å². The minimum absolute atomic E-state index is 0. The van der Waals surface area contributed by atoms with E-state index in [4.69, 9.17) is 5.11 Å². The molecule has 0 unspecified atom stereocenters. The molecule has 0 aliphatic carbocycles. The van der Waals surface area contributed by atoms with Crippen LogP contribution in [0.5, 0.6) is 0 Å². The van der Waals surface area contributed by atoms with Gasteiger partial charge in [0.1, 0.15) is 21.4 Å². The van der Waals surface area contributed by atoms with Crippen molar-refractivity contribution in [1.82, 2.24) is 0 Å². The molecule has 0 spiro atoms. The molecule has 0 aliphatic rings. The van der Waals surface area contributed by atoms with Crippen molar-refractivity contribution in [1.29, 1.82) is 0 Å². The first-order chi connectivity index (χ1) is 9.31. The number of ketones is 1. The van der Waals surface area contributed by atoms with Gasteiger partial charge in [0.05, 0.1) is 17.1 Å². The fourth-order valence-electron chi connectivity index (χ4n) is 1.60. The van der Waals surface area contributed by atoms with Gasteiger partial charge in [-0.3, -0.25) is 4.79 Å². The summed E-state index contributed by atoms with van der Waals surface area (Å²) in [5.41, 5.74) is 0.0524. The third-order valence-corrected chi connectivity index (χ3v) is 4.00. The number of hydrogen-bond donors (Lipinski definition) is 3. The zero-order chi connectivity index (χ0) is 15.3. The molecule has 0 heterocycles. The van der Waals surface area contributed by atoms with E-state index in [9.17, 15) is 26.4 Å². The summed E-state index contributed by atoms with van der Waals surface area (Å²) in [6.07, 6.45) is 0. The summed E-state index contributed by atoms with van der Waals surface area (Å²) in [4.78, 5) is 22.7. The molecular formula is C11H16O7Po2S2. The molecule has 22 heavy (non-hydrogen) atoms.